The van der Waals surface area contributed by atoms with Gasteiger partial charge in [0.1, 0.15) is 10.7 Å². The van der Waals surface area contributed by atoms with Crippen LogP contribution in [0.3, 0.4) is 0 Å². The van der Waals surface area contributed by atoms with Crippen LogP contribution in [0.4, 0.5) is 0 Å². The highest BCUT2D eigenvalue weighted by Crippen LogP contribution is 2.21. The van der Waals surface area contributed by atoms with Gasteiger partial charge in [0, 0.05) is 24.2 Å². The van der Waals surface area contributed by atoms with Crippen LogP contribution in [0.15, 0.2) is 18.2 Å². The van der Waals surface area contributed by atoms with Crippen LogP contribution < -0.4 is 15.8 Å². The molecule has 116 valence electrons. The fourth-order valence-corrected chi connectivity index (χ4v) is 2.16. The summed E-state index contributed by atoms with van der Waals surface area (Å²) in [6.07, 6.45) is 0. The smallest absolute Gasteiger partial charge is 0.234 e. The molecule has 3 N–H and O–H groups in total. The third kappa shape index (κ3) is 5.32. The summed E-state index contributed by atoms with van der Waals surface area (Å²) >= 11 is 5.01. The van der Waals surface area contributed by atoms with Crippen LogP contribution >= 0.6 is 12.2 Å². The molecule has 21 heavy (non-hydrogen) atoms. The van der Waals surface area contributed by atoms with Gasteiger partial charge in [0.2, 0.25) is 5.91 Å². The molecule has 1 amide bonds. The van der Waals surface area contributed by atoms with E-state index in [9.17, 15) is 4.79 Å². The molecule has 0 heterocycles. The summed E-state index contributed by atoms with van der Waals surface area (Å²) in [5.41, 5.74) is 7.44. The van der Waals surface area contributed by atoms with E-state index in [1.807, 2.05) is 36.9 Å². The van der Waals surface area contributed by atoms with Crippen LogP contribution in [0.1, 0.15) is 25.0 Å². The number of ether oxygens (including phenoxy) is 1. The van der Waals surface area contributed by atoms with Crippen molar-refractivity contribution < 1.29 is 9.53 Å². The molecule has 0 atom stereocenters. The normalized spacial score (nSPS) is 10.5. The lowest BCUT2D eigenvalue weighted by Gasteiger charge is -2.21. The van der Waals surface area contributed by atoms with Gasteiger partial charge in [0.15, 0.2) is 0 Å². The maximum absolute atomic E-state index is 11.7. The number of nitrogens with one attached hydrogen (secondary N) is 1. The monoisotopic (exact) mass is 309 g/mol. The van der Waals surface area contributed by atoms with Gasteiger partial charge in [-0.25, -0.2) is 0 Å². The fourth-order valence-electron chi connectivity index (χ4n) is 2.03. The number of carbonyl (C=O) groups excluding carboxylic acids is 1. The number of nitrogens with two attached hydrogens (primary N) is 1. The zero-order valence-corrected chi connectivity index (χ0v) is 13.6. The molecule has 0 bridgehead atoms. The number of rotatable bonds is 8. The second-order valence-electron chi connectivity index (χ2n) is 4.65. The Balaban J connectivity index is 2.89. The van der Waals surface area contributed by atoms with Gasteiger partial charge in [-0.3, -0.25) is 9.69 Å². The Morgan fingerprint density at radius 2 is 2.14 bits per heavy atom. The molecule has 0 aromatic heterocycles. The highest BCUT2D eigenvalue weighted by atomic mass is 32.1. The molecule has 0 aliphatic rings. The van der Waals surface area contributed by atoms with Crippen molar-refractivity contribution in [2.24, 2.45) is 5.73 Å². The molecule has 0 unspecified atom stereocenters. The van der Waals surface area contributed by atoms with Crippen LogP contribution in [0.25, 0.3) is 0 Å². The number of likely N-dealkylation sites (N-methyl/N-ethyl adjacent to an activating group) is 2. The topological polar surface area (TPSA) is 67.6 Å². The summed E-state index contributed by atoms with van der Waals surface area (Å²) in [5.74, 6) is 0.785. The molecule has 1 rings (SSSR count). The molecule has 0 radical (unpaired) electrons. The minimum Gasteiger partial charge on any atom is -0.496 e. The van der Waals surface area contributed by atoms with Crippen molar-refractivity contribution >= 4 is 23.1 Å². The van der Waals surface area contributed by atoms with E-state index in [0.29, 0.717) is 24.6 Å². The van der Waals surface area contributed by atoms with E-state index in [0.717, 1.165) is 23.4 Å². The SMILES string of the molecule is CCNC(=O)CN(CC)Cc1cc(C(N)=S)ccc1OC. The van der Waals surface area contributed by atoms with E-state index in [2.05, 4.69) is 5.32 Å². The standard InChI is InChI=1S/C15H23N3O2S/c1-4-17-14(19)10-18(5-2)9-12-8-11(15(16)21)6-7-13(12)20-3/h6-8H,4-5,9-10H2,1-3H3,(H2,16,21)(H,17,19). The molecule has 5 nitrogen and oxygen atoms in total. The summed E-state index contributed by atoms with van der Waals surface area (Å²) in [4.78, 5) is 14.1. The largest absolute Gasteiger partial charge is 0.496 e. The number of thiocarbonyl (C=S) groups is 1. The van der Waals surface area contributed by atoms with E-state index in [1.54, 1.807) is 7.11 Å². The lowest BCUT2D eigenvalue weighted by molar-refractivity contribution is -0.122. The number of carbonyl (C=O) groups is 1. The first-order valence-electron chi connectivity index (χ1n) is 6.97. The Morgan fingerprint density at radius 3 is 2.67 bits per heavy atom. The van der Waals surface area contributed by atoms with Crippen molar-refractivity contribution in [1.29, 1.82) is 0 Å². The minimum atomic E-state index is 0.0174. The molecule has 6 heteroatoms. The van der Waals surface area contributed by atoms with Gasteiger partial charge in [-0.1, -0.05) is 19.1 Å². The molecule has 1 aromatic rings. The van der Waals surface area contributed by atoms with Crippen LogP contribution in [-0.2, 0) is 11.3 Å². The van der Waals surface area contributed by atoms with Gasteiger partial charge >= 0.3 is 0 Å². The molecule has 0 saturated carbocycles. The van der Waals surface area contributed by atoms with Gasteiger partial charge < -0.3 is 15.8 Å². The Morgan fingerprint density at radius 1 is 1.43 bits per heavy atom. The molecule has 0 spiro atoms. The number of hydrogen-bond donors (Lipinski definition) is 2. The second-order valence-corrected chi connectivity index (χ2v) is 5.09. The Kier molecular flexibility index (Phi) is 7.11. The van der Waals surface area contributed by atoms with Crippen molar-refractivity contribution in [3.8, 4) is 5.75 Å². The van der Waals surface area contributed by atoms with Crippen LogP contribution in [0.2, 0.25) is 0 Å². The van der Waals surface area contributed by atoms with Gasteiger partial charge in [0.25, 0.3) is 0 Å². The number of amides is 1. The summed E-state index contributed by atoms with van der Waals surface area (Å²) in [6.45, 7) is 6.28. The summed E-state index contributed by atoms with van der Waals surface area (Å²) in [5, 5.41) is 2.80. The molecule has 0 aliphatic heterocycles. The Hall–Kier alpha value is -1.66. The quantitative estimate of drug-likeness (QED) is 0.708. The first-order valence-corrected chi connectivity index (χ1v) is 7.38. The number of benzene rings is 1. The van der Waals surface area contributed by atoms with E-state index in [-0.39, 0.29) is 5.91 Å². The van der Waals surface area contributed by atoms with Crippen molar-refractivity contribution in [3.63, 3.8) is 0 Å². The molecule has 0 saturated heterocycles. The average molecular weight is 309 g/mol. The second kappa shape index (κ2) is 8.59. The van der Waals surface area contributed by atoms with Gasteiger partial charge in [-0.15, -0.1) is 0 Å². The van der Waals surface area contributed by atoms with Crippen molar-refractivity contribution in [3.05, 3.63) is 29.3 Å². The van der Waals surface area contributed by atoms with Crippen LogP contribution in [0.5, 0.6) is 5.75 Å². The maximum atomic E-state index is 11.7. The fraction of sp³-hybridized carbons (Fsp3) is 0.467. The van der Waals surface area contributed by atoms with E-state index in [4.69, 9.17) is 22.7 Å². The zero-order chi connectivity index (χ0) is 15.8. The lowest BCUT2D eigenvalue weighted by Crippen LogP contribution is -2.36. The van der Waals surface area contributed by atoms with Crippen LogP contribution in [-0.4, -0.2) is 42.5 Å². The van der Waals surface area contributed by atoms with Crippen LogP contribution in [0, 0.1) is 0 Å². The minimum absolute atomic E-state index is 0.0174. The van der Waals surface area contributed by atoms with Crippen molar-refractivity contribution in [1.82, 2.24) is 10.2 Å². The van der Waals surface area contributed by atoms with E-state index < -0.39 is 0 Å². The van der Waals surface area contributed by atoms with Gasteiger partial charge in [-0.2, -0.15) is 0 Å². The first-order chi connectivity index (χ1) is 10.0. The van der Waals surface area contributed by atoms with E-state index >= 15 is 0 Å². The summed E-state index contributed by atoms with van der Waals surface area (Å²) in [7, 11) is 1.62. The molecular formula is C15H23N3O2S. The van der Waals surface area contributed by atoms with Crippen molar-refractivity contribution in [2.75, 3.05) is 26.7 Å². The molecule has 1 aromatic carbocycles. The van der Waals surface area contributed by atoms with Gasteiger partial charge in [0.05, 0.1) is 13.7 Å². The highest BCUT2D eigenvalue weighted by Gasteiger charge is 2.13. The van der Waals surface area contributed by atoms with Crippen molar-refractivity contribution in [2.45, 2.75) is 20.4 Å². The predicted molar refractivity (Wildman–Crippen MR) is 88.5 cm³/mol. The first kappa shape index (κ1) is 17.4. The molecule has 0 fully saturated rings. The number of methoxy groups -OCH3 is 1. The predicted octanol–water partition coefficient (Wildman–Crippen LogP) is 1.29. The third-order valence-corrected chi connectivity index (χ3v) is 3.38. The van der Waals surface area contributed by atoms with E-state index in [1.165, 1.54) is 0 Å². The van der Waals surface area contributed by atoms with Gasteiger partial charge in [-0.05, 0) is 31.7 Å². The summed E-state index contributed by atoms with van der Waals surface area (Å²) in [6, 6.07) is 5.61. The maximum Gasteiger partial charge on any atom is 0.234 e. The third-order valence-electron chi connectivity index (χ3n) is 3.15. The Labute approximate surface area is 131 Å². The number of nitrogens with zero attached hydrogens (tertiary/aromatic N) is 1. The summed E-state index contributed by atoms with van der Waals surface area (Å²) < 4.78 is 5.37. The highest BCUT2D eigenvalue weighted by molar-refractivity contribution is 7.80. The Bertz CT molecular complexity index is 506. The zero-order valence-electron chi connectivity index (χ0n) is 12.8. The molecular weight excluding hydrogens is 286 g/mol. The number of hydrogen-bond acceptors (Lipinski definition) is 4. The average Bonchev–Trinajstić information content (AvgIpc) is 2.46. The lowest BCUT2D eigenvalue weighted by atomic mass is 10.1. The molecule has 0 aliphatic carbocycles.